The lowest BCUT2D eigenvalue weighted by Crippen LogP contribution is -2.12. The minimum Gasteiger partial charge on any atom is -0.469 e. The van der Waals surface area contributed by atoms with Crippen LogP contribution in [-0.4, -0.2) is 24.8 Å². The predicted molar refractivity (Wildman–Crippen MR) is 92.4 cm³/mol. The van der Waals surface area contributed by atoms with Gasteiger partial charge in [0, 0.05) is 0 Å². The number of nitrogens with two attached hydrogens (primary N) is 1. The minimum atomic E-state index is -0.130. The number of nitrogen functional groups attached to an aromatic ring is 1. The van der Waals surface area contributed by atoms with Gasteiger partial charge in [0.15, 0.2) is 5.82 Å². The molecule has 3 N–H and O–H groups in total. The smallest absolute Gasteiger partial charge is 0.268 e. The molecule has 0 aliphatic carbocycles. The molecule has 8 nitrogen and oxygen atoms in total. The number of fused-ring (bicyclic) bond motifs is 1. The molecule has 122 valence electrons. The van der Waals surface area contributed by atoms with Crippen LogP contribution in [0.2, 0.25) is 0 Å². The Morgan fingerprint density at radius 1 is 1.42 bits per heavy atom. The van der Waals surface area contributed by atoms with E-state index in [1.807, 2.05) is 18.4 Å². The largest absolute Gasteiger partial charge is 0.469 e. The van der Waals surface area contributed by atoms with Gasteiger partial charge in [-0.3, -0.25) is 4.79 Å². The normalized spacial score (nSPS) is 11.4. The van der Waals surface area contributed by atoms with Crippen LogP contribution in [0.3, 0.4) is 0 Å². The van der Waals surface area contributed by atoms with E-state index >= 15 is 0 Å². The molecule has 0 bridgehead atoms. The van der Waals surface area contributed by atoms with Crippen LogP contribution in [-0.2, 0) is 5.75 Å². The highest BCUT2D eigenvalue weighted by atomic mass is 32.2. The zero-order valence-corrected chi connectivity index (χ0v) is 14.1. The highest BCUT2D eigenvalue weighted by Gasteiger charge is 2.16. The van der Waals surface area contributed by atoms with Crippen molar-refractivity contribution >= 4 is 33.3 Å². The van der Waals surface area contributed by atoms with Crippen molar-refractivity contribution in [2.45, 2.75) is 17.8 Å². The molecular weight excluding hydrogens is 348 g/mol. The molecule has 0 saturated heterocycles. The Morgan fingerprint density at radius 3 is 3.08 bits per heavy atom. The monoisotopic (exact) mass is 360 g/mol. The fourth-order valence-corrected chi connectivity index (χ4v) is 3.75. The van der Waals surface area contributed by atoms with Gasteiger partial charge in [0.05, 0.1) is 23.1 Å². The van der Waals surface area contributed by atoms with Gasteiger partial charge < -0.3 is 15.2 Å². The van der Waals surface area contributed by atoms with Gasteiger partial charge >= 0.3 is 0 Å². The average molecular weight is 360 g/mol. The first-order valence-electron chi connectivity index (χ1n) is 6.97. The molecule has 0 radical (unpaired) electrons. The summed E-state index contributed by atoms with van der Waals surface area (Å²) in [5.41, 5.74) is 1.36. The maximum absolute atomic E-state index is 12.0. The molecular formula is C14H12N6O2S2. The molecule has 4 heterocycles. The summed E-state index contributed by atoms with van der Waals surface area (Å²) in [4.78, 5) is 19.2. The Morgan fingerprint density at radius 2 is 2.29 bits per heavy atom. The number of H-pyrrole nitrogens is 1. The lowest BCUT2D eigenvalue weighted by atomic mass is 10.2. The van der Waals surface area contributed by atoms with Crippen LogP contribution in [0, 0.1) is 6.92 Å². The number of hydrogen-bond acceptors (Lipinski definition) is 8. The fourth-order valence-electron chi connectivity index (χ4n) is 2.30. The molecule has 24 heavy (non-hydrogen) atoms. The number of furan rings is 1. The molecule has 4 rings (SSSR count). The number of nitrogens with one attached hydrogen (secondary N) is 1. The van der Waals surface area contributed by atoms with E-state index in [0.717, 1.165) is 11.3 Å². The molecule has 4 aromatic heterocycles. The number of nitrogens with zero attached hydrogens (tertiary/aromatic N) is 4. The first-order valence-corrected chi connectivity index (χ1v) is 8.84. The van der Waals surface area contributed by atoms with Gasteiger partial charge in [0.25, 0.3) is 5.56 Å². The van der Waals surface area contributed by atoms with Crippen LogP contribution in [0.5, 0.6) is 0 Å². The van der Waals surface area contributed by atoms with E-state index in [1.165, 1.54) is 27.8 Å². The van der Waals surface area contributed by atoms with Crippen LogP contribution in [0.1, 0.15) is 11.6 Å². The predicted octanol–water partition coefficient (Wildman–Crippen LogP) is 2.15. The van der Waals surface area contributed by atoms with Crippen LogP contribution in [0.4, 0.5) is 0 Å². The first-order chi connectivity index (χ1) is 11.6. The Kier molecular flexibility index (Phi) is 3.62. The molecule has 0 aromatic carbocycles. The molecule has 0 spiro atoms. The lowest BCUT2D eigenvalue weighted by molar-refractivity contribution is 0.535. The second-order valence-corrected chi connectivity index (χ2v) is 6.86. The number of thioether (sulfide) groups is 1. The standard InChI is InChI=1S/C14H12N6O2S2/c1-7-8(2-4-22-7)12-18-19-14(20(12)15)24-6-10-16-9-3-5-23-11(9)13(21)17-10/h2-5H,6,15H2,1H3,(H,16,17,21). The van der Waals surface area contributed by atoms with E-state index in [2.05, 4.69) is 20.2 Å². The summed E-state index contributed by atoms with van der Waals surface area (Å²) in [5, 5.41) is 10.6. The van der Waals surface area contributed by atoms with E-state index < -0.39 is 0 Å². The number of thiophene rings is 1. The quantitative estimate of drug-likeness (QED) is 0.423. The van der Waals surface area contributed by atoms with Crippen molar-refractivity contribution in [3.8, 4) is 11.4 Å². The molecule has 0 saturated carbocycles. The van der Waals surface area contributed by atoms with E-state index in [4.69, 9.17) is 10.3 Å². The molecule has 10 heteroatoms. The van der Waals surface area contributed by atoms with Crippen LogP contribution >= 0.6 is 23.1 Å². The van der Waals surface area contributed by atoms with E-state index in [-0.39, 0.29) is 5.56 Å². The summed E-state index contributed by atoms with van der Waals surface area (Å²) in [6.45, 7) is 1.83. The van der Waals surface area contributed by atoms with Crippen molar-refractivity contribution in [1.82, 2.24) is 24.8 Å². The Balaban J connectivity index is 1.59. The van der Waals surface area contributed by atoms with Crippen molar-refractivity contribution < 1.29 is 4.42 Å². The zero-order chi connectivity index (χ0) is 16.7. The van der Waals surface area contributed by atoms with Crippen molar-refractivity contribution in [3.05, 3.63) is 45.7 Å². The molecule has 0 amide bonds. The van der Waals surface area contributed by atoms with Crippen molar-refractivity contribution in [3.63, 3.8) is 0 Å². The number of hydrogen-bond donors (Lipinski definition) is 2. The van der Waals surface area contributed by atoms with Crippen LogP contribution in [0.25, 0.3) is 21.6 Å². The van der Waals surface area contributed by atoms with Gasteiger partial charge in [-0.15, -0.1) is 21.5 Å². The molecule has 0 fully saturated rings. The topological polar surface area (TPSA) is 116 Å². The molecule has 0 aliphatic heterocycles. The third-order valence-electron chi connectivity index (χ3n) is 3.47. The third-order valence-corrected chi connectivity index (χ3v) is 5.32. The van der Waals surface area contributed by atoms with Crippen LogP contribution in [0.15, 0.2) is 38.1 Å². The fraction of sp³-hybridized carbons (Fsp3) is 0.143. The number of aromatic amines is 1. The Hall–Kier alpha value is -2.59. The van der Waals surface area contributed by atoms with E-state index in [1.54, 1.807) is 12.3 Å². The van der Waals surface area contributed by atoms with E-state index in [9.17, 15) is 4.79 Å². The second kappa shape index (κ2) is 5.80. The summed E-state index contributed by atoms with van der Waals surface area (Å²) >= 11 is 2.72. The van der Waals surface area contributed by atoms with Gasteiger partial charge in [0.2, 0.25) is 5.16 Å². The number of rotatable bonds is 4. The Labute approximate surface area is 143 Å². The maximum atomic E-state index is 12.0. The van der Waals surface area contributed by atoms with Crippen LogP contribution < -0.4 is 11.4 Å². The van der Waals surface area contributed by atoms with Gasteiger partial charge in [-0.05, 0) is 24.4 Å². The summed E-state index contributed by atoms with van der Waals surface area (Å²) in [5.74, 6) is 8.32. The summed E-state index contributed by atoms with van der Waals surface area (Å²) in [6.07, 6.45) is 1.58. The van der Waals surface area contributed by atoms with Gasteiger partial charge in [-0.2, -0.15) is 0 Å². The summed E-state index contributed by atoms with van der Waals surface area (Å²) in [6, 6.07) is 3.62. The maximum Gasteiger partial charge on any atom is 0.268 e. The summed E-state index contributed by atoms with van der Waals surface area (Å²) < 4.78 is 7.30. The lowest BCUT2D eigenvalue weighted by Gasteiger charge is -2.03. The second-order valence-electron chi connectivity index (χ2n) is 5.00. The first kappa shape index (κ1) is 15.0. The van der Waals surface area contributed by atoms with Crippen molar-refractivity contribution in [1.29, 1.82) is 0 Å². The SMILES string of the molecule is Cc1occc1-c1nnc(SCc2nc3ccsc3c(=O)[nH]2)n1N. The number of aromatic nitrogens is 5. The van der Waals surface area contributed by atoms with Gasteiger partial charge in [-0.25, -0.2) is 9.66 Å². The third kappa shape index (κ3) is 2.49. The summed E-state index contributed by atoms with van der Waals surface area (Å²) in [7, 11) is 0. The Bertz CT molecular complexity index is 1080. The number of aryl methyl sites for hydroxylation is 1. The van der Waals surface area contributed by atoms with Crippen molar-refractivity contribution in [2.24, 2.45) is 0 Å². The van der Waals surface area contributed by atoms with E-state index in [0.29, 0.717) is 32.8 Å². The van der Waals surface area contributed by atoms with Gasteiger partial charge in [-0.1, -0.05) is 11.8 Å². The highest BCUT2D eigenvalue weighted by Crippen LogP contribution is 2.26. The average Bonchev–Trinajstić information content (AvgIpc) is 3.26. The highest BCUT2D eigenvalue weighted by molar-refractivity contribution is 7.98. The molecule has 4 aromatic rings. The molecule has 0 aliphatic rings. The molecule has 0 atom stereocenters. The van der Waals surface area contributed by atoms with Crippen molar-refractivity contribution in [2.75, 3.05) is 5.84 Å². The van der Waals surface area contributed by atoms with Gasteiger partial charge in [0.1, 0.15) is 16.3 Å². The molecule has 0 unspecified atom stereocenters. The zero-order valence-electron chi connectivity index (χ0n) is 12.5. The minimum absolute atomic E-state index is 0.130.